The zero-order valence-corrected chi connectivity index (χ0v) is 22.2. The van der Waals surface area contributed by atoms with E-state index in [1.807, 2.05) is 32.0 Å². The van der Waals surface area contributed by atoms with Crippen LogP contribution in [0, 0.1) is 19.7 Å². The number of benzene rings is 3. The van der Waals surface area contributed by atoms with Crippen LogP contribution in [0.4, 0.5) is 15.8 Å². The lowest BCUT2D eigenvalue weighted by molar-refractivity contribution is -0.138. The number of nitrogens with zero attached hydrogens (tertiary/aromatic N) is 1. The highest BCUT2D eigenvalue weighted by molar-refractivity contribution is 6.23. The number of carbonyl (C=O) groups is 3. The molecular formula is C31H29FN2O5. The van der Waals surface area contributed by atoms with E-state index in [1.165, 1.54) is 29.2 Å². The average molecular weight is 529 g/mol. The van der Waals surface area contributed by atoms with Crippen LogP contribution >= 0.6 is 0 Å². The molecule has 1 aliphatic rings. The van der Waals surface area contributed by atoms with Gasteiger partial charge in [0.05, 0.1) is 17.8 Å². The van der Waals surface area contributed by atoms with Gasteiger partial charge in [-0.15, -0.1) is 0 Å². The van der Waals surface area contributed by atoms with Crippen LogP contribution in [-0.4, -0.2) is 31.0 Å². The van der Waals surface area contributed by atoms with Crippen molar-refractivity contribution in [1.29, 1.82) is 0 Å². The summed E-state index contributed by atoms with van der Waals surface area (Å²) in [4.78, 5) is 40.1. The summed E-state index contributed by atoms with van der Waals surface area (Å²) in [5.74, 6) is -1.23. The van der Waals surface area contributed by atoms with Crippen molar-refractivity contribution in [2.24, 2.45) is 0 Å². The Morgan fingerprint density at radius 1 is 0.949 bits per heavy atom. The maximum Gasteiger partial charge on any atom is 0.340 e. The Kier molecular flexibility index (Phi) is 8.24. The van der Waals surface area contributed by atoms with E-state index in [1.54, 1.807) is 44.2 Å². The molecule has 0 aliphatic carbocycles. The van der Waals surface area contributed by atoms with Gasteiger partial charge in [-0.1, -0.05) is 18.2 Å². The molecule has 2 amide bonds. The van der Waals surface area contributed by atoms with Crippen LogP contribution in [0.5, 0.6) is 5.75 Å². The zero-order chi connectivity index (χ0) is 28.1. The molecule has 1 heterocycles. The number of rotatable bonds is 8. The summed E-state index contributed by atoms with van der Waals surface area (Å²) >= 11 is 0. The minimum Gasteiger partial charge on any atom is -0.484 e. The lowest BCUT2D eigenvalue weighted by Gasteiger charge is -2.19. The first kappa shape index (κ1) is 27.3. The highest BCUT2D eigenvalue weighted by Crippen LogP contribution is 2.36. The molecule has 0 bridgehead atoms. The van der Waals surface area contributed by atoms with Gasteiger partial charge in [0.25, 0.3) is 11.8 Å². The summed E-state index contributed by atoms with van der Waals surface area (Å²) in [6.45, 7) is 7.35. The summed E-state index contributed by atoms with van der Waals surface area (Å²) in [5, 5.41) is 2.63. The predicted octanol–water partition coefficient (Wildman–Crippen LogP) is 5.73. The second kappa shape index (κ2) is 11.8. The number of nitrogens with one attached hydrogen (secondary N) is 1. The smallest absolute Gasteiger partial charge is 0.340 e. The molecule has 1 aliphatic heterocycles. The number of anilines is 2. The third-order valence-corrected chi connectivity index (χ3v) is 6.32. The standard InChI is InChI=1S/C31H29FN2O5/c1-5-38-31(37)29-21(4)34(25-13-6-19(2)20(3)16-25)30(36)27(29)17-22-7-14-26(15-8-22)39-18-28(35)33-24-11-9-23(32)10-12-24/h6-17H,5,18H2,1-4H3,(H,33,35)/b27-17-. The third kappa shape index (κ3) is 6.23. The van der Waals surface area contributed by atoms with Crippen molar-refractivity contribution in [2.45, 2.75) is 27.7 Å². The van der Waals surface area contributed by atoms with Crippen LogP contribution in [0.25, 0.3) is 6.08 Å². The van der Waals surface area contributed by atoms with Crippen molar-refractivity contribution in [3.8, 4) is 5.75 Å². The summed E-state index contributed by atoms with van der Waals surface area (Å²) in [6.07, 6.45) is 1.64. The van der Waals surface area contributed by atoms with Crippen LogP contribution in [-0.2, 0) is 19.1 Å². The Bertz CT molecular complexity index is 1470. The SMILES string of the molecule is CCOC(=O)C1=C(C)N(c2ccc(C)c(C)c2)C(=O)/C1=C\c1ccc(OCC(=O)Nc2ccc(F)cc2)cc1. The molecule has 4 rings (SSSR count). The number of ether oxygens (including phenoxy) is 2. The maximum atomic E-state index is 13.6. The second-order valence-corrected chi connectivity index (χ2v) is 9.06. The van der Waals surface area contributed by atoms with Gasteiger partial charge in [-0.25, -0.2) is 9.18 Å². The van der Waals surface area contributed by atoms with E-state index in [2.05, 4.69) is 5.32 Å². The molecule has 7 nitrogen and oxygen atoms in total. The second-order valence-electron chi connectivity index (χ2n) is 9.06. The first-order chi connectivity index (χ1) is 18.7. The van der Waals surface area contributed by atoms with E-state index in [4.69, 9.17) is 9.47 Å². The zero-order valence-electron chi connectivity index (χ0n) is 22.2. The van der Waals surface area contributed by atoms with Crippen LogP contribution in [0.3, 0.4) is 0 Å². The average Bonchev–Trinajstić information content (AvgIpc) is 3.15. The van der Waals surface area contributed by atoms with Crippen LogP contribution in [0.15, 0.2) is 83.6 Å². The van der Waals surface area contributed by atoms with E-state index in [0.29, 0.717) is 28.4 Å². The molecule has 39 heavy (non-hydrogen) atoms. The van der Waals surface area contributed by atoms with E-state index >= 15 is 0 Å². The Hall–Kier alpha value is -4.72. The number of hydrogen-bond donors (Lipinski definition) is 1. The molecule has 0 spiro atoms. The van der Waals surface area contributed by atoms with Gasteiger partial charge in [-0.2, -0.15) is 0 Å². The van der Waals surface area contributed by atoms with E-state index < -0.39 is 17.7 Å². The fourth-order valence-electron chi connectivity index (χ4n) is 4.16. The summed E-state index contributed by atoms with van der Waals surface area (Å²) in [5.41, 5.74) is 4.89. The van der Waals surface area contributed by atoms with Gasteiger partial charge in [-0.3, -0.25) is 14.5 Å². The normalized spacial score (nSPS) is 14.1. The molecule has 3 aromatic carbocycles. The molecule has 0 fully saturated rings. The Morgan fingerprint density at radius 2 is 1.64 bits per heavy atom. The minimum atomic E-state index is -0.562. The van der Waals surface area contributed by atoms with E-state index in [9.17, 15) is 18.8 Å². The molecule has 0 unspecified atom stereocenters. The van der Waals surface area contributed by atoms with Crippen molar-refractivity contribution >= 4 is 35.2 Å². The summed E-state index contributed by atoms with van der Waals surface area (Å²) < 4.78 is 23.8. The van der Waals surface area contributed by atoms with Crippen LogP contribution < -0.4 is 15.0 Å². The van der Waals surface area contributed by atoms with Crippen molar-refractivity contribution in [3.05, 3.63) is 106 Å². The van der Waals surface area contributed by atoms with Crippen molar-refractivity contribution in [2.75, 3.05) is 23.4 Å². The third-order valence-electron chi connectivity index (χ3n) is 6.32. The lowest BCUT2D eigenvalue weighted by atomic mass is 10.0. The number of aryl methyl sites for hydroxylation is 2. The predicted molar refractivity (Wildman–Crippen MR) is 148 cm³/mol. The number of allylic oxidation sites excluding steroid dienone is 1. The quantitative estimate of drug-likeness (QED) is 0.298. The van der Waals surface area contributed by atoms with Gasteiger partial charge in [0.1, 0.15) is 11.6 Å². The molecule has 0 saturated heterocycles. The molecule has 0 radical (unpaired) electrons. The molecule has 3 aromatic rings. The molecule has 0 atom stereocenters. The molecule has 0 saturated carbocycles. The monoisotopic (exact) mass is 528 g/mol. The molecular weight excluding hydrogens is 499 g/mol. The van der Waals surface area contributed by atoms with E-state index in [-0.39, 0.29) is 30.3 Å². The summed E-state index contributed by atoms with van der Waals surface area (Å²) in [6, 6.07) is 17.9. The van der Waals surface area contributed by atoms with Crippen molar-refractivity contribution < 1.29 is 28.2 Å². The van der Waals surface area contributed by atoms with Crippen molar-refractivity contribution in [3.63, 3.8) is 0 Å². The number of halogens is 1. The van der Waals surface area contributed by atoms with E-state index in [0.717, 1.165) is 11.1 Å². The number of hydrogen-bond acceptors (Lipinski definition) is 5. The number of amides is 2. The minimum absolute atomic E-state index is 0.182. The topological polar surface area (TPSA) is 84.9 Å². The van der Waals surface area contributed by atoms with Crippen LogP contribution in [0.2, 0.25) is 0 Å². The van der Waals surface area contributed by atoms with Crippen LogP contribution in [0.1, 0.15) is 30.5 Å². The molecule has 0 aromatic heterocycles. The number of carbonyl (C=O) groups excluding carboxylic acids is 3. The molecule has 1 N–H and O–H groups in total. The fraction of sp³-hybridized carbons (Fsp3) is 0.194. The Balaban J connectivity index is 1.52. The van der Waals surface area contributed by atoms with Gasteiger partial charge in [-0.05, 0) is 99.0 Å². The molecule has 200 valence electrons. The number of esters is 1. The Morgan fingerprint density at radius 3 is 2.28 bits per heavy atom. The fourth-order valence-corrected chi connectivity index (χ4v) is 4.16. The van der Waals surface area contributed by atoms with Gasteiger partial charge in [0.2, 0.25) is 0 Å². The van der Waals surface area contributed by atoms with Gasteiger partial charge < -0.3 is 14.8 Å². The van der Waals surface area contributed by atoms with Gasteiger partial charge in [0, 0.05) is 17.1 Å². The Labute approximate surface area is 226 Å². The van der Waals surface area contributed by atoms with Gasteiger partial charge >= 0.3 is 5.97 Å². The first-order valence-electron chi connectivity index (χ1n) is 12.5. The first-order valence-corrected chi connectivity index (χ1v) is 12.5. The van der Waals surface area contributed by atoms with Crippen molar-refractivity contribution in [1.82, 2.24) is 0 Å². The highest BCUT2D eigenvalue weighted by Gasteiger charge is 2.38. The van der Waals surface area contributed by atoms with Gasteiger partial charge in [0.15, 0.2) is 6.61 Å². The molecule has 8 heteroatoms. The summed E-state index contributed by atoms with van der Waals surface area (Å²) in [7, 11) is 0. The highest BCUT2D eigenvalue weighted by atomic mass is 19.1. The largest absolute Gasteiger partial charge is 0.484 e. The maximum absolute atomic E-state index is 13.6. The lowest BCUT2D eigenvalue weighted by Crippen LogP contribution is -2.24.